The highest BCUT2D eigenvalue weighted by Crippen LogP contribution is 2.67. The van der Waals surface area contributed by atoms with Gasteiger partial charge in [-0.15, -0.1) is 0 Å². The molecule has 8 aliphatic rings. The molecule has 0 N–H and O–H groups in total. The number of hydrogen-bond acceptors (Lipinski definition) is 4. The first-order valence-corrected chi connectivity index (χ1v) is 10.7. The summed E-state index contributed by atoms with van der Waals surface area (Å²) in [4.78, 5) is 0. The molecule has 0 aromatic rings. The van der Waals surface area contributed by atoms with Gasteiger partial charge in [-0.05, 0) is 74.0 Å². The molecule has 6 saturated carbocycles. The Bertz CT molecular complexity index is 612. The van der Waals surface area contributed by atoms with Crippen molar-refractivity contribution in [1.29, 1.82) is 0 Å². The highest BCUT2D eigenvalue weighted by atomic mass is 16.7. The Hall–Kier alpha value is -0.0301. The topological polar surface area (TPSA) is 36.9 Å². The molecule has 4 nitrogen and oxygen atoms in total. The predicted molar refractivity (Wildman–Crippen MR) is 100 cm³/mol. The lowest BCUT2D eigenvalue weighted by Gasteiger charge is -2.64. The van der Waals surface area contributed by atoms with E-state index >= 15 is 0 Å². The summed E-state index contributed by atoms with van der Waals surface area (Å²) in [6.45, 7) is 14.1. The quantitative estimate of drug-likeness (QED) is 0.673. The lowest BCUT2D eigenvalue weighted by Crippen LogP contribution is -2.65. The van der Waals surface area contributed by atoms with Crippen LogP contribution in [0.1, 0.15) is 67.2 Å². The zero-order valence-electron chi connectivity index (χ0n) is 17.1. The minimum atomic E-state index is -0.372. The second kappa shape index (κ2) is 4.58. The van der Waals surface area contributed by atoms with Crippen LogP contribution in [-0.2, 0) is 18.6 Å². The molecule has 8 atom stereocenters. The van der Waals surface area contributed by atoms with Gasteiger partial charge in [0.25, 0.3) is 0 Å². The van der Waals surface area contributed by atoms with Gasteiger partial charge in [0, 0.05) is 0 Å². The minimum Gasteiger partial charge on any atom is -0.407 e. The Morgan fingerprint density at radius 1 is 0.615 bits per heavy atom. The van der Waals surface area contributed by atoms with Crippen LogP contribution in [0.25, 0.3) is 0 Å². The van der Waals surface area contributed by atoms with Crippen LogP contribution in [0.5, 0.6) is 0 Å². The van der Waals surface area contributed by atoms with E-state index in [1.807, 2.05) is 0 Å². The molecule has 0 aromatic carbocycles. The van der Waals surface area contributed by atoms with E-state index in [-0.39, 0.29) is 37.4 Å². The molecule has 2 unspecified atom stereocenters. The summed E-state index contributed by atoms with van der Waals surface area (Å²) in [5.41, 5.74) is 0.357. The fraction of sp³-hybridized carbons (Fsp3) is 1.00. The second-order valence-corrected chi connectivity index (χ2v) is 11.7. The molecular formula is C20H32B2O4. The zero-order valence-corrected chi connectivity index (χ0v) is 17.1. The van der Waals surface area contributed by atoms with Gasteiger partial charge in [-0.1, -0.05) is 27.7 Å². The zero-order chi connectivity index (χ0) is 18.3. The van der Waals surface area contributed by atoms with Crippen molar-refractivity contribution in [3.05, 3.63) is 0 Å². The Morgan fingerprint density at radius 2 is 1.00 bits per heavy atom. The molecule has 142 valence electrons. The first-order chi connectivity index (χ1) is 12.1. The van der Waals surface area contributed by atoms with E-state index in [0.29, 0.717) is 22.7 Å². The third-order valence-electron chi connectivity index (χ3n) is 10.2. The van der Waals surface area contributed by atoms with Gasteiger partial charge < -0.3 is 18.6 Å². The molecule has 8 fully saturated rings. The summed E-state index contributed by atoms with van der Waals surface area (Å²) >= 11 is 0. The van der Waals surface area contributed by atoms with Crippen molar-refractivity contribution in [3.63, 3.8) is 0 Å². The Kier molecular flexibility index (Phi) is 2.97. The molecule has 2 saturated heterocycles. The monoisotopic (exact) mass is 358 g/mol. The maximum absolute atomic E-state index is 6.60. The van der Waals surface area contributed by atoms with E-state index in [9.17, 15) is 0 Å². The van der Waals surface area contributed by atoms with E-state index in [1.165, 1.54) is 12.8 Å². The summed E-state index contributed by atoms with van der Waals surface area (Å²) in [5, 5.41) is 0. The molecule has 6 heteroatoms. The van der Waals surface area contributed by atoms with Crippen molar-refractivity contribution in [3.8, 4) is 0 Å². The van der Waals surface area contributed by atoms with E-state index in [0.717, 1.165) is 24.7 Å². The van der Waals surface area contributed by atoms with Crippen LogP contribution in [0.4, 0.5) is 0 Å². The van der Waals surface area contributed by atoms with Crippen molar-refractivity contribution in [2.45, 2.75) is 90.6 Å². The van der Waals surface area contributed by atoms with Crippen molar-refractivity contribution < 1.29 is 18.6 Å². The van der Waals surface area contributed by atoms with E-state index in [2.05, 4.69) is 41.5 Å². The summed E-state index contributed by atoms with van der Waals surface area (Å²) in [7, 11) is -0.745. The SMILES string of the molecule is CC1(C)[C@H]2CC3OB(B4OC5C[C@H]6C[C@H](C6(C)C)[C@]5(C)O4)O[C@@]3(C)[C@@H]1C2. The standard InChI is InChI=1S/C20H32B2O4/c1-17(2)11-7-13(17)19(5)15(9-11)23-21(25-19)22-24-16-10-12-8-14(18(12,3)4)20(16,6)26-22/h11-16H,7-10H2,1-6H3/t11-,12-,13-,14-,15?,16?,19+,20+/m1/s1. The summed E-state index contributed by atoms with van der Waals surface area (Å²) < 4.78 is 26.1. The minimum absolute atomic E-state index is 0.189. The molecule has 26 heavy (non-hydrogen) atoms. The Morgan fingerprint density at radius 3 is 1.35 bits per heavy atom. The smallest absolute Gasteiger partial charge is 0.407 e. The first kappa shape index (κ1) is 16.9. The van der Waals surface area contributed by atoms with Crippen LogP contribution in [0.2, 0.25) is 0 Å². The van der Waals surface area contributed by atoms with Crippen LogP contribution in [0, 0.1) is 34.5 Å². The molecule has 2 heterocycles. The van der Waals surface area contributed by atoms with Crippen molar-refractivity contribution in [1.82, 2.24) is 0 Å². The van der Waals surface area contributed by atoms with Crippen LogP contribution in [0.15, 0.2) is 0 Å². The maximum atomic E-state index is 6.60. The van der Waals surface area contributed by atoms with Crippen LogP contribution < -0.4 is 0 Å². The molecule has 2 aliphatic heterocycles. The fourth-order valence-electron chi connectivity index (χ4n) is 8.03. The third-order valence-corrected chi connectivity index (χ3v) is 10.2. The van der Waals surface area contributed by atoms with Gasteiger partial charge in [0.2, 0.25) is 0 Å². The summed E-state index contributed by atoms with van der Waals surface area (Å²) in [6, 6.07) is 0. The molecule has 4 bridgehead atoms. The molecule has 0 radical (unpaired) electrons. The predicted octanol–water partition coefficient (Wildman–Crippen LogP) is 3.52. The average Bonchev–Trinajstić information content (AvgIpc) is 3.09. The van der Waals surface area contributed by atoms with E-state index < -0.39 is 0 Å². The third kappa shape index (κ3) is 1.71. The Labute approximate surface area is 158 Å². The fourth-order valence-corrected chi connectivity index (χ4v) is 8.03. The molecule has 8 rings (SSSR count). The first-order valence-electron chi connectivity index (χ1n) is 10.7. The van der Waals surface area contributed by atoms with Crippen LogP contribution in [0.3, 0.4) is 0 Å². The molecular weight excluding hydrogens is 326 g/mol. The lowest BCUT2D eigenvalue weighted by atomic mass is 9.43. The van der Waals surface area contributed by atoms with Crippen molar-refractivity contribution in [2.24, 2.45) is 34.5 Å². The van der Waals surface area contributed by atoms with Crippen molar-refractivity contribution in [2.75, 3.05) is 0 Å². The maximum Gasteiger partial charge on any atom is 0.488 e. The van der Waals surface area contributed by atoms with Gasteiger partial charge in [-0.25, -0.2) is 0 Å². The lowest BCUT2D eigenvalue weighted by molar-refractivity contribution is -0.200. The van der Waals surface area contributed by atoms with Gasteiger partial charge in [0.1, 0.15) is 0 Å². The summed E-state index contributed by atoms with van der Waals surface area (Å²) in [5.74, 6) is 2.70. The highest BCUT2D eigenvalue weighted by Gasteiger charge is 2.73. The largest absolute Gasteiger partial charge is 0.488 e. The number of rotatable bonds is 1. The van der Waals surface area contributed by atoms with Gasteiger partial charge in [-0.2, -0.15) is 0 Å². The van der Waals surface area contributed by atoms with Crippen molar-refractivity contribution >= 4 is 14.0 Å². The van der Waals surface area contributed by atoms with Gasteiger partial charge in [0.15, 0.2) is 0 Å². The molecule has 0 spiro atoms. The van der Waals surface area contributed by atoms with Crippen LogP contribution >= 0.6 is 0 Å². The molecule has 0 amide bonds. The molecule has 0 aromatic heterocycles. The van der Waals surface area contributed by atoms with Gasteiger partial charge >= 0.3 is 14.0 Å². The Balaban J connectivity index is 1.24. The second-order valence-electron chi connectivity index (χ2n) is 11.7. The van der Waals surface area contributed by atoms with E-state index in [1.54, 1.807) is 0 Å². The normalized spacial score (nSPS) is 57.9. The van der Waals surface area contributed by atoms with Gasteiger partial charge in [-0.3, -0.25) is 0 Å². The van der Waals surface area contributed by atoms with Gasteiger partial charge in [0.05, 0.1) is 23.4 Å². The van der Waals surface area contributed by atoms with E-state index in [4.69, 9.17) is 18.6 Å². The van der Waals surface area contributed by atoms with Crippen LogP contribution in [-0.4, -0.2) is 37.4 Å². The summed E-state index contributed by atoms with van der Waals surface area (Å²) in [6.07, 6.45) is 5.17. The average molecular weight is 358 g/mol. The highest BCUT2D eigenvalue weighted by molar-refractivity contribution is 7.11. The number of hydrogen-bond donors (Lipinski definition) is 0. The molecule has 6 aliphatic carbocycles.